The molecule has 1 radical (unpaired) electrons. The predicted octanol–water partition coefficient (Wildman–Crippen LogP) is 2.34. The van der Waals surface area contributed by atoms with Gasteiger partial charge in [0.2, 0.25) is 0 Å². The normalized spacial score (nSPS) is 18.8. The zero-order valence-electron chi connectivity index (χ0n) is 7.92. The van der Waals surface area contributed by atoms with Gasteiger partial charge in [0.15, 0.2) is 0 Å². The van der Waals surface area contributed by atoms with Crippen LogP contribution in [0.3, 0.4) is 0 Å². The van der Waals surface area contributed by atoms with Gasteiger partial charge in [0, 0.05) is 0 Å². The molecule has 0 spiro atoms. The van der Waals surface area contributed by atoms with E-state index in [0.29, 0.717) is 0 Å². The van der Waals surface area contributed by atoms with Crippen molar-refractivity contribution < 1.29 is 0 Å². The standard InChI is InChI=1S/C12H16N/c1-10-2-4-11(5-3-10)12-6-8-13-9-7-12/h2-5,12-13H,1,6-9H2. The Morgan fingerprint density at radius 3 is 2.31 bits per heavy atom. The maximum atomic E-state index is 3.89. The molecule has 0 aromatic heterocycles. The summed E-state index contributed by atoms with van der Waals surface area (Å²) in [5, 5.41) is 3.38. The van der Waals surface area contributed by atoms with E-state index in [4.69, 9.17) is 0 Å². The highest BCUT2D eigenvalue weighted by Gasteiger charge is 2.14. The molecule has 1 aliphatic rings. The van der Waals surface area contributed by atoms with Crippen molar-refractivity contribution in [1.29, 1.82) is 0 Å². The smallest absolute Gasteiger partial charge is 0.00431 e. The van der Waals surface area contributed by atoms with Crippen molar-refractivity contribution in [3.8, 4) is 0 Å². The van der Waals surface area contributed by atoms with Crippen LogP contribution < -0.4 is 5.32 Å². The van der Waals surface area contributed by atoms with Crippen LogP contribution >= 0.6 is 0 Å². The predicted molar refractivity (Wildman–Crippen MR) is 55.7 cm³/mol. The highest BCUT2D eigenvalue weighted by atomic mass is 14.9. The minimum absolute atomic E-state index is 0.766. The lowest BCUT2D eigenvalue weighted by Gasteiger charge is -2.22. The van der Waals surface area contributed by atoms with E-state index >= 15 is 0 Å². The van der Waals surface area contributed by atoms with Crippen LogP contribution in [0.5, 0.6) is 0 Å². The second kappa shape index (κ2) is 3.93. The van der Waals surface area contributed by atoms with Gasteiger partial charge in [-0.2, -0.15) is 0 Å². The van der Waals surface area contributed by atoms with Crippen LogP contribution in [0, 0.1) is 6.92 Å². The van der Waals surface area contributed by atoms with E-state index in [1.165, 1.54) is 18.4 Å². The molecule has 0 aliphatic carbocycles. The molecule has 1 aromatic carbocycles. The summed E-state index contributed by atoms with van der Waals surface area (Å²) in [4.78, 5) is 0. The summed E-state index contributed by atoms with van der Waals surface area (Å²) in [5.41, 5.74) is 2.59. The minimum Gasteiger partial charge on any atom is -0.317 e. The first-order chi connectivity index (χ1) is 6.36. The summed E-state index contributed by atoms with van der Waals surface area (Å²) in [6, 6.07) is 8.66. The molecule has 1 heteroatoms. The first kappa shape index (κ1) is 8.76. The second-order valence-electron chi connectivity index (χ2n) is 3.77. The number of nitrogens with one attached hydrogen (secondary N) is 1. The van der Waals surface area contributed by atoms with E-state index in [-0.39, 0.29) is 0 Å². The van der Waals surface area contributed by atoms with E-state index < -0.39 is 0 Å². The lowest BCUT2D eigenvalue weighted by Crippen LogP contribution is -2.26. The zero-order chi connectivity index (χ0) is 9.10. The fraction of sp³-hybridized carbons (Fsp3) is 0.417. The monoisotopic (exact) mass is 174 g/mol. The van der Waals surface area contributed by atoms with Gasteiger partial charge in [0.25, 0.3) is 0 Å². The van der Waals surface area contributed by atoms with Gasteiger partial charge in [-0.15, -0.1) is 0 Å². The van der Waals surface area contributed by atoms with Crippen molar-refractivity contribution in [2.75, 3.05) is 13.1 Å². The summed E-state index contributed by atoms with van der Waals surface area (Å²) in [5.74, 6) is 0.766. The maximum absolute atomic E-state index is 3.89. The Hall–Kier alpha value is -0.820. The first-order valence-corrected chi connectivity index (χ1v) is 4.99. The fourth-order valence-corrected chi connectivity index (χ4v) is 1.95. The Labute approximate surface area is 80.2 Å². The third kappa shape index (κ3) is 2.10. The average Bonchev–Trinajstić information content (AvgIpc) is 2.20. The molecule has 13 heavy (non-hydrogen) atoms. The van der Waals surface area contributed by atoms with E-state index in [2.05, 4.69) is 36.5 Å². The van der Waals surface area contributed by atoms with Crippen LogP contribution in [-0.4, -0.2) is 13.1 Å². The molecular formula is C12H16N. The summed E-state index contributed by atoms with van der Waals surface area (Å²) in [6.45, 7) is 6.22. The largest absolute Gasteiger partial charge is 0.317 e. The number of rotatable bonds is 1. The Balaban J connectivity index is 2.10. The van der Waals surface area contributed by atoms with Gasteiger partial charge in [0.1, 0.15) is 0 Å². The van der Waals surface area contributed by atoms with Crippen LogP contribution in [0.2, 0.25) is 0 Å². The summed E-state index contributed by atoms with van der Waals surface area (Å²) >= 11 is 0. The molecule has 1 nitrogen and oxygen atoms in total. The highest BCUT2D eigenvalue weighted by Crippen LogP contribution is 2.24. The van der Waals surface area contributed by atoms with Gasteiger partial charge in [-0.3, -0.25) is 0 Å². The van der Waals surface area contributed by atoms with E-state index in [1.807, 2.05) is 0 Å². The highest BCUT2D eigenvalue weighted by molar-refractivity contribution is 5.27. The molecule has 0 atom stereocenters. The molecule has 2 rings (SSSR count). The topological polar surface area (TPSA) is 12.0 Å². The molecule has 0 amide bonds. The quantitative estimate of drug-likeness (QED) is 0.689. The van der Waals surface area contributed by atoms with Crippen molar-refractivity contribution in [3.63, 3.8) is 0 Å². The minimum atomic E-state index is 0.766. The molecule has 1 N–H and O–H groups in total. The molecule has 1 fully saturated rings. The van der Waals surface area contributed by atoms with E-state index in [1.54, 1.807) is 0 Å². The lowest BCUT2D eigenvalue weighted by atomic mass is 9.90. The van der Waals surface area contributed by atoms with Crippen LogP contribution in [-0.2, 0) is 0 Å². The molecule has 0 bridgehead atoms. The van der Waals surface area contributed by atoms with Crippen LogP contribution in [0.15, 0.2) is 24.3 Å². The second-order valence-corrected chi connectivity index (χ2v) is 3.77. The maximum Gasteiger partial charge on any atom is -0.00431 e. The first-order valence-electron chi connectivity index (χ1n) is 4.99. The van der Waals surface area contributed by atoms with Gasteiger partial charge >= 0.3 is 0 Å². The van der Waals surface area contributed by atoms with Crippen molar-refractivity contribution >= 4 is 0 Å². The zero-order valence-corrected chi connectivity index (χ0v) is 7.92. The van der Waals surface area contributed by atoms with Crippen molar-refractivity contribution in [1.82, 2.24) is 5.32 Å². The summed E-state index contributed by atoms with van der Waals surface area (Å²) in [7, 11) is 0. The van der Waals surface area contributed by atoms with Crippen molar-refractivity contribution in [3.05, 3.63) is 42.3 Å². The molecule has 0 unspecified atom stereocenters. The van der Waals surface area contributed by atoms with Crippen molar-refractivity contribution in [2.24, 2.45) is 0 Å². The number of hydrogen-bond acceptors (Lipinski definition) is 1. The SMILES string of the molecule is [CH2]c1ccc(C2CCNCC2)cc1. The Morgan fingerprint density at radius 2 is 1.69 bits per heavy atom. The molecule has 1 heterocycles. The van der Waals surface area contributed by atoms with Crippen molar-refractivity contribution in [2.45, 2.75) is 18.8 Å². The molecular weight excluding hydrogens is 158 g/mol. The third-order valence-electron chi connectivity index (χ3n) is 2.79. The Kier molecular flexibility index (Phi) is 2.65. The molecule has 69 valence electrons. The van der Waals surface area contributed by atoms with Crippen LogP contribution in [0.25, 0.3) is 0 Å². The lowest BCUT2D eigenvalue weighted by molar-refractivity contribution is 0.460. The molecule has 1 saturated heterocycles. The fourth-order valence-electron chi connectivity index (χ4n) is 1.95. The van der Waals surface area contributed by atoms with Gasteiger partial charge in [-0.1, -0.05) is 24.3 Å². The van der Waals surface area contributed by atoms with Gasteiger partial charge < -0.3 is 5.32 Å². The summed E-state index contributed by atoms with van der Waals surface area (Å²) in [6.07, 6.45) is 2.55. The van der Waals surface area contributed by atoms with Gasteiger partial charge in [-0.25, -0.2) is 0 Å². The molecule has 1 aliphatic heterocycles. The summed E-state index contributed by atoms with van der Waals surface area (Å²) < 4.78 is 0. The number of hydrogen-bond donors (Lipinski definition) is 1. The Morgan fingerprint density at radius 1 is 1.08 bits per heavy atom. The number of benzene rings is 1. The average molecular weight is 174 g/mol. The molecule has 0 saturated carbocycles. The van der Waals surface area contributed by atoms with Crippen LogP contribution in [0.1, 0.15) is 29.9 Å². The molecule has 1 aromatic rings. The van der Waals surface area contributed by atoms with E-state index in [9.17, 15) is 0 Å². The van der Waals surface area contributed by atoms with Crippen LogP contribution in [0.4, 0.5) is 0 Å². The van der Waals surface area contributed by atoms with Gasteiger partial charge in [0.05, 0.1) is 0 Å². The van der Waals surface area contributed by atoms with E-state index in [0.717, 1.165) is 24.6 Å². The number of piperidine rings is 1. The third-order valence-corrected chi connectivity index (χ3v) is 2.79. The van der Waals surface area contributed by atoms with Gasteiger partial charge in [-0.05, 0) is 49.9 Å². The Bertz CT molecular complexity index is 257.